The van der Waals surface area contributed by atoms with Crippen molar-refractivity contribution in [3.05, 3.63) is 23.2 Å². The van der Waals surface area contributed by atoms with E-state index in [2.05, 4.69) is 5.32 Å². The molecule has 1 saturated heterocycles. The van der Waals surface area contributed by atoms with Crippen molar-refractivity contribution < 1.29 is 19.5 Å². The lowest BCUT2D eigenvalue weighted by Gasteiger charge is -2.19. The molecular weight excluding hydrogens is 332 g/mol. The van der Waals surface area contributed by atoms with Crippen molar-refractivity contribution in [3.8, 4) is 5.75 Å². The highest BCUT2D eigenvalue weighted by Gasteiger charge is 2.47. The number of nitrogens with one attached hydrogen (secondary N) is 1. The van der Waals surface area contributed by atoms with Crippen LogP contribution >= 0.6 is 11.6 Å². The number of hydrogen-bond acceptors (Lipinski definition) is 4. The van der Waals surface area contributed by atoms with Crippen LogP contribution in [0.15, 0.2) is 18.2 Å². The maximum Gasteiger partial charge on any atom is 0.233 e. The Balaban J connectivity index is 1.59. The molecule has 2 fully saturated rings. The van der Waals surface area contributed by atoms with E-state index in [1.54, 1.807) is 0 Å². The third-order valence-electron chi connectivity index (χ3n) is 4.73. The Kier molecular flexibility index (Phi) is 4.76. The fourth-order valence-electron chi connectivity index (χ4n) is 3.49. The Bertz CT molecular complexity index is 667. The van der Waals surface area contributed by atoms with Crippen LogP contribution in [0, 0.1) is 11.8 Å². The van der Waals surface area contributed by atoms with Crippen molar-refractivity contribution >= 4 is 35.0 Å². The van der Waals surface area contributed by atoms with Gasteiger partial charge in [0.15, 0.2) is 0 Å². The number of likely N-dealkylation sites (tertiary alicyclic amines) is 1. The molecule has 2 unspecified atom stereocenters. The zero-order valence-electron chi connectivity index (χ0n) is 13.1. The van der Waals surface area contributed by atoms with E-state index in [-0.39, 0.29) is 54.0 Å². The van der Waals surface area contributed by atoms with Gasteiger partial charge in [-0.05, 0) is 31.0 Å². The summed E-state index contributed by atoms with van der Waals surface area (Å²) in [6.07, 6.45) is 3.45. The SMILES string of the molecule is O=C(CCN1C(=O)C2CCCCC2C1=O)Nc1cc(Cl)ccc1O. The second kappa shape index (κ2) is 6.81. The molecule has 0 spiro atoms. The van der Waals surface area contributed by atoms with Gasteiger partial charge in [-0.3, -0.25) is 19.3 Å². The number of amides is 3. The van der Waals surface area contributed by atoms with Crippen molar-refractivity contribution in [2.45, 2.75) is 32.1 Å². The van der Waals surface area contributed by atoms with Crippen LogP contribution < -0.4 is 5.32 Å². The summed E-state index contributed by atoms with van der Waals surface area (Å²) in [5, 5.41) is 12.6. The molecule has 1 heterocycles. The van der Waals surface area contributed by atoms with Crippen LogP contribution in [0.5, 0.6) is 5.75 Å². The number of carbonyl (C=O) groups is 3. The van der Waals surface area contributed by atoms with Gasteiger partial charge in [0.25, 0.3) is 0 Å². The van der Waals surface area contributed by atoms with Gasteiger partial charge >= 0.3 is 0 Å². The maximum absolute atomic E-state index is 12.3. The number of rotatable bonds is 4. The van der Waals surface area contributed by atoms with Crippen molar-refractivity contribution in [2.24, 2.45) is 11.8 Å². The molecular formula is C17H19ClN2O4. The predicted octanol–water partition coefficient (Wildman–Crippen LogP) is 2.55. The van der Waals surface area contributed by atoms with Crippen LogP contribution in [0.2, 0.25) is 5.02 Å². The molecule has 3 rings (SSSR count). The fraction of sp³-hybridized carbons (Fsp3) is 0.471. The molecule has 128 valence electrons. The van der Waals surface area contributed by atoms with Gasteiger partial charge in [-0.1, -0.05) is 24.4 Å². The molecule has 2 atom stereocenters. The van der Waals surface area contributed by atoms with Gasteiger partial charge in [0.05, 0.1) is 17.5 Å². The number of phenols is 1. The van der Waals surface area contributed by atoms with Crippen LogP contribution in [-0.4, -0.2) is 34.3 Å². The lowest BCUT2D eigenvalue weighted by Crippen LogP contribution is -2.34. The number of anilines is 1. The summed E-state index contributed by atoms with van der Waals surface area (Å²) in [4.78, 5) is 37.9. The van der Waals surface area contributed by atoms with Crippen molar-refractivity contribution in [2.75, 3.05) is 11.9 Å². The smallest absolute Gasteiger partial charge is 0.233 e. The van der Waals surface area contributed by atoms with E-state index < -0.39 is 0 Å². The minimum Gasteiger partial charge on any atom is -0.506 e. The Morgan fingerprint density at radius 1 is 1.21 bits per heavy atom. The minimum atomic E-state index is -0.386. The summed E-state index contributed by atoms with van der Waals surface area (Å²) in [6.45, 7) is 0.0673. The summed E-state index contributed by atoms with van der Waals surface area (Å²) < 4.78 is 0. The molecule has 6 nitrogen and oxygen atoms in total. The zero-order valence-corrected chi connectivity index (χ0v) is 13.9. The Hall–Kier alpha value is -2.08. The van der Waals surface area contributed by atoms with Crippen LogP contribution in [0.1, 0.15) is 32.1 Å². The first-order valence-electron chi connectivity index (χ1n) is 8.11. The molecule has 2 N–H and O–H groups in total. The first-order chi connectivity index (χ1) is 11.5. The molecule has 3 amide bonds. The number of hydrogen-bond donors (Lipinski definition) is 2. The van der Waals surface area contributed by atoms with Crippen molar-refractivity contribution in [1.29, 1.82) is 0 Å². The van der Waals surface area contributed by atoms with Crippen LogP contribution in [0.3, 0.4) is 0 Å². The first kappa shape index (κ1) is 16.8. The van der Waals surface area contributed by atoms with Gasteiger partial charge in [-0.15, -0.1) is 0 Å². The van der Waals surface area contributed by atoms with Gasteiger partial charge in [0, 0.05) is 18.0 Å². The summed E-state index contributed by atoms with van der Waals surface area (Å²) >= 11 is 5.83. The summed E-state index contributed by atoms with van der Waals surface area (Å²) in [6, 6.07) is 4.33. The average Bonchev–Trinajstić information content (AvgIpc) is 2.81. The van der Waals surface area contributed by atoms with E-state index in [0.717, 1.165) is 25.7 Å². The lowest BCUT2D eigenvalue weighted by molar-refractivity contribution is -0.140. The number of fused-ring (bicyclic) bond motifs is 1. The van der Waals surface area contributed by atoms with Crippen LogP contribution in [-0.2, 0) is 14.4 Å². The normalized spacial score (nSPS) is 23.3. The molecule has 24 heavy (non-hydrogen) atoms. The Morgan fingerprint density at radius 2 is 1.83 bits per heavy atom. The van der Waals surface area contributed by atoms with Crippen molar-refractivity contribution in [3.63, 3.8) is 0 Å². The van der Waals surface area contributed by atoms with Gasteiger partial charge in [0.1, 0.15) is 5.75 Å². The highest BCUT2D eigenvalue weighted by Crippen LogP contribution is 2.38. The third-order valence-corrected chi connectivity index (χ3v) is 4.96. The van der Waals surface area contributed by atoms with Gasteiger partial charge < -0.3 is 10.4 Å². The molecule has 1 aromatic carbocycles. The molecule has 1 aliphatic carbocycles. The predicted molar refractivity (Wildman–Crippen MR) is 88.5 cm³/mol. The van der Waals surface area contributed by atoms with Gasteiger partial charge in [-0.2, -0.15) is 0 Å². The molecule has 0 aromatic heterocycles. The molecule has 0 radical (unpaired) electrons. The highest BCUT2D eigenvalue weighted by molar-refractivity contribution is 6.31. The quantitative estimate of drug-likeness (QED) is 0.645. The van der Waals surface area contributed by atoms with Gasteiger partial charge in [0.2, 0.25) is 17.7 Å². The number of carbonyl (C=O) groups excluding carboxylic acids is 3. The minimum absolute atomic E-state index is 0.0110. The lowest BCUT2D eigenvalue weighted by atomic mass is 9.81. The topological polar surface area (TPSA) is 86.7 Å². The maximum atomic E-state index is 12.3. The van der Waals surface area contributed by atoms with Crippen LogP contribution in [0.4, 0.5) is 5.69 Å². The molecule has 7 heteroatoms. The summed E-state index contributed by atoms with van der Waals surface area (Å²) in [5.74, 6) is -1.18. The zero-order chi connectivity index (χ0) is 17.3. The van der Waals surface area contributed by atoms with Crippen molar-refractivity contribution in [1.82, 2.24) is 4.90 Å². The number of aromatic hydroxyl groups is 1. The van der Waals surface area contributed by atoms with E-state index in [9.17, 15) is 19.5 Å². The monoisotopic (exact) mass is 350 g/mol. The highest BCUT2D eigenvalue weighted by atomic mass is 35.5. The number of benzene rings is 1. The van der Waals surface area contributed by atoms with E-state index >= 15 is 0 Å². The molecule has 1 saturated carbocycles. The summed E-state index contributed by atoms with van der Waals surface area (Å²) in [5.41, 5.74) is 0.209. The molecule has 0 bridgehead atoms. The van der Waals surface area contributed by atoms with E-state index in [0.29, 0.717) is 5.02 Å². The van der Waals surface area contributed by atoms with E-state index in [4.69, 9.17) is 11.6 Å². The van der Waals surface area contributed by atoms with E-state index in [1.165, 1.54) is 23.1 Å². The number of halogens is 1. The summed E-state index contributed by atoms with van der Waals surface area (Å²) in [7, 11) is 0. The second-order valence-electron chi connectivity index (χ2n) is 6.29. The number of nitrogens with zero attached hydrogens (tertiary/aromatic N) is 1. The van der Waals surface area contributed by atoms with Crippen LogP contribution in [0.25, 0.3) is 0 Å². The average molecular weight is 351 g/mol. The first-order valence-corrected chi connectivity index (χ1v) is 8.49. The Morgan fingerprint density at radius 3 is 2.46 bits per heavy atom. The second-order valence-corrected chi connectivity index (χ2v) is 6.72. The fourth-order valence-corrected chi connectivity index (χ4v) is 3.66. The Labute approximate surface area is 144 Å². The number of imide groups is 1. The standard InChI is InChI=1S/C17H19ClN2O4/c18-10-5-6-14(21)13(9-10)19-15(22)7-8-20-16(23)11-3-1-2-4-12(11)17(20)24/h5-6,9,11-12,21H,1-4,7-8H2,(H,19,22). The number of phenolic OH excluding ortho intramolecular Hbond substituents is 1. The molecule has 2 aliphatic rings. The largest absolute Gasteiger partial charge is 0.506 e. The molecule has 1 aliphatic heterocycles. The van der Waals surface area contributed by atoms with Gasteiger partial charge in [-0.25, -0.2) is 0 Å². The third kappa shape index (κ3) is 3.24. The van der Waals surface area contributed by atoms with E-state index in [1.807, 2.05) is 0 Å². The molecule has 1 aromatic rings.